The maximum atomic E-state index is 12.0. The minimum atomic E-state index is 0. The highest BCUT2D eigenvalue weighted by Gasteiger charge is 2.16. The first-order chi connectivity index (χ1) is 7.06. The van der Waals surface area contributed by atoms with Crippen molar-refractivity contribution in [1.29, 1.82) is 0 Å². The second-order valence-corrected chi connectivity index (χ2v) is 3.81. The van der Waals surface area contributed by atoms with E-state index in [2.05, 4.69) is 0 Å². The predicted octanol–water partition coefficient (Wildman–Crippen LogP) is 2.56. The number of rotatable bonds is 3. The first kappa shape index (κ1) is 14.8. The van der Waals surface area contributed by atoms with Gasteiger partial charge in [-0.25, -0.2) is 0 Å². The molecule has 3 nitrogen and oxygen atoms in total. The molecule has 0 heterocycles. The smallest absolute Gasteiger partial charge is 0.254 e. The fourth-order valence-corrected chi connectivity index (χ4v) is 1.58. The summed E-state index contributed by atoms with van der Waals surface area (Å²) in [6.07, 6.45) is 0. The van der Waals surface area contributed by atoms with Gasteiger partial charge in [-0.15, -0.1) is 12.4 Å². The highest BCUT2D eigenvalue weighted by molar-refractivity contribution is 5.95. The first-order valence-electron chi connectivity index (χ1n) is 5.22. The number of hydrogen-bond acceptors (Lipinski definition) is 2. The molecule has 0 fully saturated rings. The molecule has 0 bridgehead atoms. The Morgan fingerprint density at radius 3 is 2.50 bits per heavy atom. The number of amides is 1. The van der Waals surface area contributed by atoms with Gasteiger partial charge in [-0.1, -0.05) is 6.07 Å². The van der Waals surface area contributed by atoms with Crippen LogP contribution in [0.4, 0.5) is 5.69 Å². The summed E-state index contributed by atoms with van der Waals surface area (Å²) in [4.78, 5) is 13.9. The summed E-state index contributed by atoms with van der Waals surface area (Å²) in [5, 5.41) is 0. The van der Waals surface area contributed by atoms with Gasteiger partial charge in [-0.2, -0.15) is 0 Å². The van der Waals surface area contributed by atoms with Crippen molar-refractivity contribution in [1.82, 2.24) is 4.90 Å². The van der Waals surface area contributed by atoms with Gasteiger partial charge in [0.05, 0.1) is 0 Å². The highest BCUT2D eigenvalue weighted by atomic mass is 35.5. The van der Waals surface area contributed by atoms with Crippen molar-refractivity contribution in [2.75, 3.05) is 12.3 Å². The molecule has 1 amide bonds. The molecule has 0 spiro atoms. The number of carbonyl (C=O) groups excluding carboxylic acids is 1. The number of benzene rings is 1. The van der Waals surface area contributed by atoms with Crippen molar-refractivity contribution >= 4 is 24.0 Å². The normalized spacial score (nSPS) is 9.75. The minimum absolute atomic E-state index is 0. The molecule has 2 N–H and O–H groups in total. The van der Waals surface area contributed by atoms with Crippen LogP contribution in [0.5, 0.6) is 0 Å². The van der Waals surface area contributed by atoms with E-state index in [-0.39, 0.29) is 24.4 Å². The Bertz CT molecular complexity index is 353. The number of nitrogens with two attached hydrogens (primary N) is 1. The van der Waals surface area contributed by atoms with Crippen LogP contribution in [-0.4, -0.2) is 23.4 Å². The van der Waals surface area contributed by atoms with Crippen LogP contribution in [0.3, 0.4) is 0 Å². The second kappa shape index (κ2) is 6.38. The zero-order valence-corrected chi connectivity index (χ0v) is 10.8. The molecular formula is C12H19ClN2O. The molecule has 0 radical (unpaired) electrons. The molecule has 16 heavy (non-hydrogen) atoms. The summed E-state index contributed by atoms with van der Waals surface area (Å²) in [5.74, 6) is 0.0415. The minimum Gasteiger partial charge on any atom is -0.399 e. The van der Waals surface area contributed by atoms with Crippen LogP contribution in [0.1, 0.15) is 31.1 Å². The van der Waals surface area contributed by atoms with Crippen LogP contribution in [0, 0.1) is 0 Å². The van der Waals surface area contributed by atoms with E-state index < -0.39 is 0 Å². The lowest BCUT2D eigenvalue weighted by molar-refractivity contribution is 0.0717. The Balaban J connectivity index is 0.00000225. The largest absolute Gasteiger partial charge is 0.399 e. The van der Waals surface area contributed by atoms with E-state index >= 15 is 0 Å². The molecule has 0 aliphatic rings. The molecule has 1 aromatic rings. The van der Waals surface area contributed by atoms with Crippen LogP contribution in [0.25, 0.3) is 0 Å². The van der Waals surface area contributed by atoms with Gasteiger partial charge in [0, 0.05) is 23.8 Å². The van der Waals surface area contributed by atoms with Crippen LogP contribution >= 0.6 is 12.4 Å². The third-order valence-corrected chi connectivity index (χ3v) is 2.36. The molecule has 90 valence electrons. The quantitative estimate of drug-likeness (QED) is 0.829. The zero-order chi connectivity index (χ0) is 11.4. The van der Waals surface area contributed by atoms with E-state index in [4.69, 9.17) is 5.73 Å². The Labute approximate surface area is 103 Å². The first-order valence-corrected chi connectivity index (χ1v) is 5.22. The SMILES string of the molecule is CCN(C(=O)c1cccc(N)c1)C(C)C.Cl. The van der Waals surface area contributed by atoms with Crippen molar-refractivity contribution in [3.63, 3.8) is 0 Å². The fourth-order valence-electron chi connectivity index (χ4n) is 1.58. The molecule has 0 aliphatic heterocycles. The third-order valence-electron chi connectivity index (χ3n) is 2.36. The zero-order valence-electron chi connectivity index (χ0n) is 9.93. The Hall–Kier alpha value is -1.22. The van der Waals surface area contributed by atoms with Crippen molar-refractivity contribution < 1.29 is 4.79 Å². The highest BCUT2D eigenvalue weighted by Crippen LogP contribution is 2.11. The average Bonchev–Trinajstić information content (AvgIpc) is 2.18. The van der Waals surface area contributed by atoms with E-state index in [1.807, 2.05) is 25.7 Å². The Morgan fingerprint density at radius 2 is 2.06 bits per heavy atom. The lowest BCUT2D eigenvalue weighted by Crippen LogP contribution is -2.36. The molecule has 0 saturated heterocycles. The number of halogens is 1. The maximum absolute atomic E-state index is 12.0. The topological polar surface area (TPSA) is 46.3 Å². The van der Waals surface area contributed by atoms with Crippen molar-refractivity contribution in [3.8, 4) is 0 Å². The summed E-state index contributed by atoms with van der Waals surface area (Å²) >= 11 is 0. The van der Waals surface area contributed by atoms with Gasteiger partial charge < -0.3 is 10.6 Å². The fraction of sp³-hybridized carbons (Fsp3) is 0.417. The lowest BCUT2D eigenvalue weighted by Gasteiger charge is -2.25. The maximum Gasteiger partial charge on any atom is 0.254 e. The molecule has 0 saturated carbocycles. The molecule has 0 aromatic heterocycles. The van der Waals surface area contributed by atoms with Crippen molar-refractivity contribution in [2.24, 2.45) is 0 Å². The summed E-state index contributed by atoms with van der Waals surface area (Å²) in [5.41, 5.74) is 6.93. The average molecular weight is 243 g/mol. The molecular weight excluding hydrogens is 224 g/mol. The van der Waals surface area contributed by atoms with E-state index in [0.29, 0.717) is 17.8 Å². The van der Waals surface area contributed by atoms with Crippen molar-refractivity contribution in [3.05, 3.63) is 29.8 Å². The number of nitrogen functional groups attached to an aromatic ring is 1. The molecule has 0 unspecified atom stereocenters. The standard InChI is InChI=1S/C12H18N2O.ClH/c1-4-14(9(2)3)12(15)10-6-5-7-11(13)8-10;/h5-9H,4,13H2,1-3H3;1H. The van der Waals surface area contributed by atoms with Crippen molar-refractivity contribution in [2.45, 2.75) is 26.8 Å². The van der Waals surface area contributed by atoms with Gasteiger partial charge in [0.25, 0.3) is 5.91 Å². The summed E-state index contributed by atoms with van der Waals surface area (Å²) in [7, 11) is 0. The Kier molecular flexibility index (Phi) is 5.89. The van der Waals surface area contributed by atoms with Crippen LogP contribution < -0.4 is 5.73 Å². The van der Waals surface area contributed by atoms with E-state index in [9.17, 15) is 4.79 Å². The number of nitrogens with zero attached hydrogens (tertiary/aromatic N) is 1. The Morgan fingerprint density at radius 1 is 1.44 bits per heavy atom. The predicted molar refractivity (Wildman–Crippen MR) is 69.9 cm³/mol. The van der Waals surface area contributed by atoms with E-state index in [1.165, 1.54) is 0 Å². The van der Waals surface area contributed by atoms with Crippen LogP contribution in [-0.2, 0) is 0 Å². The lowest BCUT2D eigenvalue weighted by atomic mass is 10.1. The summed E-state index contributed by atoms with van der Waals surface area (Å²) in [6, 6.07) is 7.31. The van der Waals surface area contributed by atoms with Crippen LogP contribution in [0.15, 0.2) is 24.3 Å². The number of anilines is 1. The van der Waals surface area contributed by atoms with Crippen LogP contribution in [0.2, 0.25) is 0 Å². The number of carbonyl (C=O) groups is 1. The summed E-state index contributed by atoms with van der Waals surface area (Å²) < 4.78 is 0. The molecule has 0 aliphatic carbocycles. The third kappa shape index (κ3) is 3.42. The number of hydrogen-bond donors (Lipinski definition) is 1. The molecule has 1 aromatic carbocycles. The van der Waals surface area contributed by atoms with Gasteiger partial charge in [-0.05, 0) is 39.0 Å². The van der Waals surface area contributed by atoms with Gasteiger partial charge in [0.1, 0.15) is 0 Å². The van der Waals surface area contributed by atoms with Gasteiger partial charge >= 0.3 is 0 Å². The van der Waals surface area contributed by atoms with Gasteiger partial charge in [-0.3, -0.25) is 4.79 Å². The molecule has 0 atom stereocenters. The molecule has 4 heteroatoms. The monoisotopic (exact) mass is 242 g/mol. The second-order valence-electron chi connectivity index (χ2n) is 3.81. The summed E-state index contributed by atoms with van der Waals surface area (Å²) in [6.45, 7) is 6.71. The molecule has 1 rings (SSSR count). The van der Waals surface area contributed by atoms with E-state index in [0.717, 1.165) is 0 Å². The van der Waals surface area contributed by atoms with Gasteiger partial charge in [0.15, 0.2) is 0 Å². The van der Waals surface area contributed by atoms with Gasteiger partial charge in [0.2, 0.25) is 0 Å². The van der Waals surface area contributed by atoms with E-state index in [1.54, 1.807) is 24.3 Å².